The average Bonchev–Trinajstić information content (AvgIpc) is 3.09. The Morgan fingerprint density at radius 1 is 1.52 bits per heavy atom. The zero-order chi connectivity index (χ0) is 14.7. The van der Waals surface area contributed by atoms with Gasteiger partial charge in [-0.1, -0.05) is 30.8 Å². The first-order chi connectivity index (χ1) is 10.2. The summed E-state index contributed by atoms with van der Waals surface area (Å²) in [6.07, 6.45) is 3.83. The Hall–Kier alpha value is -1.51. The molecule has 0 radical (unpaired) electrons. The molecule has 110 valence electrons. The molecule has 3 rings (SSSR count). The fourth-order valence-electron chi connectivity index (χ4n) is 2.81. The van der Waals surface area contributed by atoms with Crippen LogP contribution in [-0.2, 0) is 0 Å². The lowest BCUT2D eigenvalue weighted by atomic mass is 10.00. The lowest BCUT2D eigenvalue weighted by Crippen LogP contribution is -2.42. The Balaban J connectivity index is 1.67. The molecule has 1 N–H and O–H groups in total. The van der Waals surface area contributed by atoms with Gasteiger partial charge in [-0.3, -0.25) is 5.32 Å². The number of aromatic nitrogens is 1. The number of hydrogen-bond acceptors (Lipinski definition) is 5. The van der Waals surface area contributed by atoms with E-state index in [0.29, 0.717) is 10.5 Å². The summed E-state index contributed by atoms with van der Waals surface area (Å²) in [4.78, 5) is 4.50. The molecule has 1 fully saturated rings. The molecule has 0 spiro atoms. The number of nitrogens with zero attached hydrogens (tertiary/aromatic N) is 2. The molecule has 0 amide bonds. The van der Waals surface area contributed by atoms with Crippen molar-refractivity contribution < 1.29 is 4.42 Å². The zero-order valence-electron chi connectivity index (χ0n) is 12.1. The Labute approximate surface area is 128 Å². The van der Waals surface area contributed by atoms with Crippen molar-refractivity contribution in [3.05, 3.63) is 24.3 Å². The van der Waals surface area contributed by atoms with E-state index in [1.54, 1.807) is 11.8 Å². The molecule has 1 aliphatic rings. The third kappa shape index (κ3) is 3.07. The van der Waals surface area contributed by atoms with E-state index in [9.17, 15) is 5.26 Å². The maximum atomic E-state index is 9.48. The van der Waals surface area contributed by atoms with Crippen molar-refractivity contribution in [3.63, 3.8) is 0 Å². The van der Waals surface area contributed by atoms with Crippen molar-refractivity contribution in [2.24, 2.45) is 0 Å². The monoisotopic (exact) mass is 301 g/mol. The zero-order valence-corrected chi connectivity index (χ0v) is 12.9. The summed E-state index contributed by atoms with van der Waals surface area (Å²) in [5, 5.41) is 14.0. The molecule has 21 heavy (non-hydrogen) atoms. The van der Waals surface area contributed by atoms with Crippen LogP contribution in [0.1, 0.15) is 32.6 Å². The quantitative estimate of drug-likeness (QED) is 0.911. The number of benzene rings is 1. The molecular weight excluding hydrogens is 282 g/mol. The summed E-state index contributed by atoms with van der Waals surface area (Å²) in [7, 11) is 0. The second-order valence-corrected chi connectivity index (χ2v) is 6.80. The van der Waals surface area contributed by atoms with E-state index < -0.39 is 0 Å². The van der Waals surface area contributed by atoms with Crippen molar-refractivity contribution >= 4 is 22.9 Å². The van der Waals surface area contributed by atoms with Crippen molar-refractivity contribution in [2.45, 2.75) is 48.6 Å². The van der Waals surface area contributed by atoms with Crippen LogP contribution >= 0.6 is 11.8 Å². The normalized spacial score (nSPS) is 25.2. The van der Waals surface area contributed by atoms with Crippen LogP contribution in [-0.4, -0.2) is 22.3 Å². The molecule has 1 aromatic heterocycles. The number of nitrogens with one attached hydrogen (secondary N) is 1. The van der Waals surface area contributed by atoms with Crippen molar-refractivity contribution in [1.82, 2.24) is 10.3 Å². The average molecular weight is 301 g/mol. The third-order valence-electron chi connectivity index (χ3n) is 3.94. The summed E-state index contributed by atoms with van der Waals surface area (Å²) < 4.78 is 5.76. The van der Waals surface area contributed by atoms with E-state index in [2.05, 4.69) is 23.3 Å². The van der Waals surface area contributed by atoms with Crippen LogP contribution in [0.25, 0.3) is 11.1 Å². The van der Waals surface area contributed by atoms with Gasteiger partial charge in [-0.2, -0.15) is 5.26 Å². The first-order valence-electron chi connectivity index (χ1n) is 7.43. The molecule has 1 aliphatic carbocycles. The number of rotatable bonds is 5. The fourth-order valence-corrected chi connectivity index (χ4v) is 3.99. The van der Waals surface area contributed by atoms with Crippen LogP contribution < -0.4 is 5.32 Å². The van der Waals surface area contributed by atoms with Gasteiger partial charge in [0.05, 0.1) is 6.07 Å². The fraction of sp³-hybridized carbons (Fsp3) is 0.500. The summed E-state index contributed by atoms with van der Waals surface area (Å²) in [6.45, 7) is 3.02. The van der Waals surface area contributed by atoms with Crippen molar-refractivity contribution in [2.75, 3.05) is 6.54 Å². The second-order valence-electron chi connectivity index (χ2n) is 5.55. The highest BCUT2D eigenvalue weighted by Crippen LogP contribution is 2.40. The van der Waals surface area contributed by atoms with Crippen LogP contribution in [0.4, 0.5) is 0 Å². The van der Waals surface area contributed by atoms with E-state index >= 15 is 0 Å². The van der Waals surface area contributed by atoms with E-state index in [0.717, 1.165) is 43.3 Å². The Morgan fingerprint density at radius 2 is 2.38 bits per heavy atom. The van der Waals surface area contributed by atoms with Crippen molar-refractivity contribution in [3.8, 4) is 6.07 Å². The van der Waals surface area contributed by atoms with Gasteiger partial charge >= 0.3 is 0 Å². The summed E-state index contributed by atoms with van der Waals surface area (Å²) in [5.41, 5.74) is 1.36. The van der Waals surface area contributed by atoms with E-state index in [1.807, 2.05) is 24.3 Å². The molecule has 5 heteroatoms. The second kappa shape index (κ2) is 6.08. The highest BCUT2D eigenvalue weighted by molar-refractivity contribution is 7.99. The summed E-state index contributed by atoms with van der Waals surface area (Å²) in [5.74, 6) is 0. The molecule has 2 unspecified atom stereocenters. The SMILES string of the molecule is CCCNC1(C#N)CCC(Sc2nc3ccccc3o2)C1. The van der Waals surface area contributed by atoms with Gasteiger partial charge in [-0.25, -0.2) is 4.98 Å². The molecule has 0 saturated heterocycles. The molecule has 2 atom stereocenters. The van der Waals surface area contributed by atoms with E-state index in [4.69, 9.17) is 4.42 Å². The summed E-state index contributed by atoms with van der Waals surface area (Å²) >= 11 is 1.66. The van der Waals surface area contributed by atoms with Gasteiger partial charge in [-0.05, 0) is 44.4 Å². The minimum Gasteiger partial charge on any atom is -0.431 e. The number of para-hydroxylation sites is 2. The lowest BCUT2D eigenvalue weighted by molar-refractivity contribution is 0.424. The van der Waals surface area contributed by atoms with E-state index in [-0.39, 0.29) is 5.54 Å². The maximum absolute atomic E-state index is 9.48. The Bertz CT molecular complexity index is 630. The number of oxazole rings is 1. The van der Waals surface area contributed by atoms with Crippen LogP contribution in [0, 0.1) is 11.3 Å². The highest BCUT2D eigenvalue weighted by atomic mass is 32.2. The molecule has 1 saturated carbocycles. The van der Waals surface area contributed by atoms with Gasteiger partial charge in [0.15, 0.2) is 5.58 Å². The Morgan fingerprint density at radius 3 is 3.14 bits per heavy atom. The third-order valence-corrected chi connectivity index (χ3v) is 5.05. The number of hydrogen-bond donors (Lipinski definition) is 1. The summed E-state index contributed by atoms with van der Waals surface area (Å²) in [6, 6.07) is 10.3. The predicted molar refractivity (Wildman–Crippen MR) is 84.1 cm³/mol. The lowest BCUT2D eigenvalue weighted by Gasteiger charge is -2.22. The Kier molecular flexibility index (Phi) is 4.18. The number of nitriles is 1. The number of thioether (sulfide) groups is 1. The van der Waals surface area contributed by atoms with Gasteiger partial charge < -0.3 is 4.42 Å². The molecule has 4 nitrogen and oxygen atoms in total. The molecule has 0 bridgehead atoms. The van der Waals surface area contributed by atoms with E-state index in [1.165, 1.54) is 0 Å². The van der Waals surface area contributed by atoms with Gasteiger partial charge in [0, 0.05) is 5.25 Å². The number of fused-ring (bicyclic) bond motifs is 1. The van der Waals surface area contributed by atoms with Gasteiger partial charge in [0.2, 0.25) is 0 Å². The molecular formula is C16H19N3OS. The highest BCUT2D eigenvalue weighted by Gasteiger charge is 2.39. The van der Waals surface area contributed by atoms with Gasteiger partial charge in [0.25, 0.3) is 5.22 Å². The smallest absolute Gasteiger partial charge is 0.257 e. The van der Waals surface area contributed by atoms with Crippen LogP contribution in [0.3, 0.4) is 0 Å². The van der Waals surface area contributed by atoms with Crippen LogP contribution in [0.15, 0.2) is 33.9 Å². The van der Waals surface area contributed by atoms with Gasteiger partial charge in [0.1, 0.15) is 11.1 Å². The molecule has 1 aromatic carbocycles. The first-order valence-corrected chi connectivity index (χ1v) is 8.31. The molecule has 0 aliphatic heterocycles. The minimum absolute atomic E-state index is 0.361. The van der Waals surface area contributed by atoms with Crippen molar-refractivity contribution in [1.29, 1.82) is 5.26 Å². The largest absolute Gasteiger partial charge is 0.431 e. The van der Waals surface area contributed by atoms with Gasteiger partial charge in [-0.15, -0.1) is 0 Å². The first kappa shape index (κ1) is 14.4. The van der Waals surface area contributed by atoms with Crippen LogP contribution in [0.5, 0.6) is 0 Å². The minimum atomic E-state index is -0.361. The standard InChI is InChI=1S/C16H19N3OS/c1-2-9-18-16(11-17)8-7-12(10-16)21-15-19-13-5-3-4-6-14(13)20-15/h3-6,12,18H,2,7-10H2,1H3. The predicted octanol–water partition coefficient (Wildman–Crippen LogP) is 3.73. The molecule has 2 aromatic rings. The van der Waals surface area contributed by atoms with Crippen LogP contribution in [0.2, 0.25) is 0 Å². The molecule has 1 heterocycles. The maximum Gasteiger partial charge on any atom is 0.257 e. The topological polar surface area (TPSA) is 61.9 Å².